The number of piperidine rings is 1. The molecule has 1 N–H and O–H groups in total. The van der Waals surface area contributed by atoms with Crippen LogP contribution in [0.25, 0.3) is 0 Å². The van der Waals surface area contributed by atoms with Crippen LogP contribution in [-0.2, 0) is 4.74 Å². The molecule has 0 aromatic rings. The minimum absolute atomic E-state index is 0.225. The third kappa shape index (κ3) is 8.93. The van der Waals surface area contributed by atoms with Gasteiger partial charge in [0.2, 0.25) is 0 Å². The van der Waals surface area contributed by atoms with E-state index in [1.54, 1.807) is 0 Å². The normalized spacial score (nSPS) is 18.9. The lowest BCUT2D eigenvalue weighted by Crippen LogP contribution is -2.37. The average molecular weight is 284 g/mol. The van der Waals surface area contributed by atoms with Gasteiger partial charge in [0.25, 0.3) is 0 Å². The summed E-state index contributed by atoms with van der Waals surface area (Å²) in [5.74, 6) is 1.58. The first-order valence-corrected chi connectivity index (χ1v) is 8.42. The number of likely N-dealkylation sites (tertiary alicyclic amines) is 1. The molecule has 0 aromatic carbocycles. The van der Waals surface area contributed by atoms with Crippen molar-refractivity contribution in [2.24, 2.45) is 11.8 Å². The van der Waals surface area contributed by atoms with Crippen molar-refractivity contribution in [2.75, 3.05) is 39.4 Å². The second-order valence-corrected chi connectivity index (χ2v) is 7.74. The minimum atomic E-state index is 0.225. The largest absolute Gasteiger partial charge is 0.381 e. The highest BCUT2D eigenvalue weighted by molar-refractivity contribution is 4.73. The SMILES string of the molecule is CC(C)CN1CCC(COCCCNC(C)(C)C)CC1. The van der Waals surface area contributed by atoms with Gasteiger partial charge in [0.15, 0.2) is 0 Å². The van der Waals surface area contributed by atoms with Crippen molar-refractivity contribution in [3.05, 3.63) is 0 Å². The molecule has 1 aliphatic rings. The summed E-state index contributed by atoms with van der Waals surface area (Å²) in [4.78, 5) is 2.61. The zero-order valence-corrected chi connectivity index (χ0v) is 14.4. The van der Waals surface area contributed by atoms with Crippen molar-refractivity contribution in [3.63, 3.8) is 0 Å². The summed E-state index contributed by atoms with van der Waals surface area (Å²) in [5.41, 5.74) is 0.225. The Hall–Kier alpha value is -0.120. The third-order valence-corrected chi connectivity index (χ3v) is 3.80. The summed E-state index contributed by atoms with van der Waals surface area (Å²) in [6, 6.07) is 0. The molecular weight excluding hydrogens is 248 g/mol. The van der Waals surface area contributed by atoms with Crippen LogP contribution in [0.4, 0.5) is 0 Å². The number of nitrogens with zero attached hydrogens (tertiary/aromatic N) is 1. The second-order valence-electron chi connectivity index (χ2n) is 7.74. The molecular formula is C17H36N2O. The van der Waals surface area contributed by atoms with Crippen molar-refractivity contribution in [1.82, 2.24) is 10.2 Å². The summed E-state index contributed by atoms with van der Waals surface area (Å²) in [5, 5.41) is 3.50. The van der Waals surface area contributed by atoms with Crippen LogP contribution in [0.2, 0.25) is 0 Å². The molecule has 20 heavy (non-hydrogen) atoms. The van der Waals surface area contributed by atoms with Crippen LogP contribution >= 0.6 is 0 Å². The first kappa shape index (κ1) is 17.9. The fourth-order valence-electron chi connectivity index (χ4n) is 2.74. The highest BCUT2D eigenvalue weighted by Gasteiger charge is 2.19. The molecule has 1 fully saturated rings. The van der Waals surface area contributed by atoms with Crippen LogP contribution in [0.1, 0.15) is 53.9 Å². The Balaban J connectivity index is 1.96. The van der Waals surface area contributed by atoms with E-state index in [1.165, 1.54) is 32.5 Å². The molecule has 0 aromatic heterocycles. The Morgan fingerprint density at radius 1 is 1.20 bits per heavy atom. The van der Waals surface area contributed by atoms with Crippen LogP contribution in [0, 0.1) is 11.8 Å². The van der Waals surface area contributed by atoms with E-state index in [0.29, 0.717) is 0 Å². The van der Waals surface area contributed by atoms with E-state index >= 15 is 0 Å². The van der Waals surface area contributed by atoms with Gasteiger partial charge in [-0.05, 0) is 71.5 Å². The zero-order valence-electron chi connectivity index (χ0n) is 14.4. The minimum Gasteiger partial charge on any atom is -0.381 e. The topological polar surface area (TPSA) is 24.5 Å². The van der Waals surface area contributed by atoms with E-state index in [2.05, 4.69) is 44.8 Å². The summed E-state index contributed by atoms with van der Waals surface area (Å²) in [6.45, 7) is 17.9. The fraction of sp³-hybridized carbons (Fsp3) is 1.00. The van der Waals surface area contributed by atoms with Gasteiger partial charge in [-0.1, -0.05) is 13.8 Å². The predicted molar refractivity (Wildman–Crippen MR) is 87.2 cm³/mol. The van der Waals surface area contributed by atoms with Gasteiger partial charge >= 0.3 is 0 Å². The van der Waals surface area contributed by atoms with Crippen molar-refractivity contribution in [2.45, 2.75) is 59.4 Å². The van der Waals surface area contributed by atoms with Gasteiger partial charge in [0, 0.05) is 25.3 Å². The molecule has 0 radical (unpaired) electrons. The molecule has 3 heteroatoms. The first-order valence-electron chi connectivity index (χ1n) is 8.42. The van der Waals surface area contributed by atoms with Gasteiger partial charge in [-0.3, -0.25) is 0 Å². The maximum atomic E-state index is 5.85. The van der Waals surface area contributed by atoms with Gasteiger partial charge in [0.05, 0.1) is 0 Å². The second kappa shape index (κ2) is 9.01. The number of hydrogen-bond donors (Lipinski definition) is 1. The Bertz CT molecular complexity index is 240. The molecule has 1 saturated heterocycles. The molecule has 1 rings (SSSR count). The average Bonchev–Trinajstić information content (AvgIpc) is 2.33. The van der Waals surface area contributed by atoms with E-state index in [4.69, 9.17) is 4.74 Å². The fourth-order valence-corrected chi connectivity index (χ4v) is 2.74. The molecule has 0 amide bonds. The number of ether oxygens (including phenoxy) is 1. The Morgan fingerprint density at radius 2 is 1.85 bits per heavy atom. The van der Waals surface area contributed by atoms with Gasteiger partial charge in [-0.25, -0.2) is 0 Å². The van der Waals surface area contributed by atoms with Crippen molar-refractivity contribution >= 4 is 0 Å². The van der Waals surface area contributed by atoms with E-state index in [0.717, 1.165) is 38.0 Å². The summed E-state index contributed by atoms with van der Waals surface area (Å²) in [7, 11) is 0. The lowest BCUT2D eigenvalue weighted by molar-refractivity contribution is 0.0628. The summed E-state index contributed by atoms with van der Waals surface area (Å²) < 4.78 is 5.85. The molecule has 3 nitrogen and oxygen atoms in total. The van der Waals surface area contributed by atoms with Crippen LogP contribution < -0.4 is 5.32 Å². The van der Waals surface area contributed by atoms with Crippen LogP contribution in [-0.4, -0.2) is 49.8 Å². The highest BCUT2D eigenvalue weighted by Crippen LogP contribution is 2.18. The zero-order chi connectivity index (χ0) is 15.0. The highest BCUT2D eigenvalue weighted by atomic mass is 16.5. The maximum Gasteiger partial charge on any atom is 0.0495 e. The standard InChI is InChI=1S/C17H36N2O/c1-15(2)13-19-10-7-16(8-11-19)14-20-12-6-9-18-17(3,4)5/h15-16,18H,6-14H2,1-5H3. The molecule has 0 aliphatic carbocycles. The molecule has 0 spiro atoms. The van der Waals surface area contributed by atoms with Gasteiger partial charge < -0.3 is 15.0 Å². The number of rotatable bonds is 8. The number of hydrogen-bond acceptors (Lipinski definition) is 3. The van der Waals surface area contributed by atoms with Crippen LogP contribution in [0.3, 0.4) is 0 Å². The van der Waals surface area contributed by atoms with Crippen LogP contribution in [0.5, 0.6) is 0 Å². The number of nitrogens with one attached hydrogen (secondary N) is 1. The predicted octanol–water partition coefficient (Wildman–Crippen LogP) is 3.15. The third-order valence-electron chi connectivity index (χ3n) is 3.80. The lowest BCUT2D eigenvalue weighted by Gasteiger charge is -2.32. The van der Waals surface area contributed by atoms with E-state index < -0.39 is 0 Å². The van der Waals surface area contributed by atoms with Gasteiger partial charge in [0.1, 0.15) is 0 Å². The molecule has 0 atom stereocenters. The van der Waals surface area contributed by atoms with E-state index in [-0.39, 0.29) is 5.54 Å². The smallest absolute Gasteiger partial charge is 0.0495 e. The molecule has 1 aliphatic heterocycles. The summed E-state index contributed by atoms with van der Waals surface area (Å²) in [6.07, 6.45) is 3.74. The van der Waals surface area contributed by atoms with E-state index in [9.17, 15) is 0 Å². The molecule has 120 valence electrons. The molecule has 0 saturated carbocycles. The van der Waals surface area contributed by atoms with Crippen molar-refractivity contribution in [1.29, 1.82) is 0 Å². The molecule has 1 heterocycles. The Kier molecular flexibility index (Phi) is 8.08. The lowest BCUT2D eigenvalue weighted by atomic mass is 9.97. The van der Waals surface area contributed by atoms with Gasteiger partial charge in [-0.15, -0.1) is 0 Å². The maximum absolute atomic E-state index is 5.85. The Morgan fingerprint density at radius 3 is 2.40 bits per heavy atom. The van der Waals surface area contributed by atoms with Crippen molar-refractivity contribution < 1.29 is 4.74 Å². The van der Waals surface area contributed by atoms with Crippen LogP contribution in [0.15, 0.2) is 0 Å². The molecule has 0 bridgehead atoms. The van der Waals surface area contributed by atoms with Gasteiger partial charge in [-0.2, -0.15) is 0 Å². The van der Waals surface area contributed by atoms with Crippen molar-refractivity contribution in [3.8, 4) is 0 Å². The monoisotopic (exact) mass is 284 g/mol. The first-order chi connectivity index (χ1) is 9.37. The van der Waals surface area contributed by atoms with E-state index in [1.807, 2.05) is 0 Å². The summed E-state index contributed by atoms with van der Waals surface area (Å²) >= 11 is 0. The molecule has 0 unspecified atom stereocenters. The Labute approximate surface area is 126 Å². The quantitative estimate of drug-likeness (QED) is 0.693.